The van der Waals surface area contributed by atoms with E-state index in [2.05, 4.69) is 35.5 Å². The number of anilines is 1. The molecule has 0 radical (unpaired) electrons. The number of nitrogens with zero attached hydrogens (tertiary/aromatic N) is 1. The van der Waals surface area contributed by atoms with Gasteiger partial charge in [-0.3, -0.25) is 10.1 Å². The van der Waals surface area contributed by atoms with Crippen molar-refractivity contribution in [1.29, 1.82) is 0 Å². The number of ether oxygens (including phenoxy) is 1. The van der Waals surface area contributed by atoms with Crippen LogP contribution in [0.2, 0.25) is 0 Å². The molecular weight excluding hydrogens is 338 g/mol. The van der Waals surface area contributed by atoms with Crippen LogP contribution in [-0.2, 0) is 4.74 Å². The molecule has 0 aromatic heterocycles. The number of amides is 1. The standard InChI is InChI=1S/C22H27N3O2/c1-15-9-11-18(12-10-15)21(26)25-22(23-14-19-7-5-13-27-19)24-20-8-4-6-16(2)17(20)3/h4,6,8-12,19H,5,7,13-14H2,1-3H3,(H2,23,24,25,26)/t19-/m0/s1. The number of carbonyl (C=O) groups is 1. The van der Waals surface area contributed by atoms with Gasteiger partial charge in [0.2, 0.25) is 5.96 Å². The molecule has 2 aromatic carbocycles. The maximum absolute atomic E-state index is 12.6. The first-order valence-electron chi connectivity index (χ1n) is 9.40. The van der Waals surface area contributed by atoms with Crippen molar-refractivity contribution in [1.82, 2.24) is 5.32 Å². The third-order valence-electron chi connectivity index (χ3n) is 4.88. The lowest BCUT2D eigenvalue weighted by Gasteiger charge is -2.16. The second-order valence-corrected chi connectivity index (χ2v) is 7.02. The molecule has 2 N–H and O–H groups in total. The number of benzene rings is 2. The van der Waals surface area contributed by atoms with Crippen LogP contribution < -0.4 is 10.6 Å². The molecule has 1 fully saturated rings. The van der Waals surface area contributed by atoms with Crippen molar-refractivity contribution in [3.8, 4) is 0 Å². The fourth-order valence-corrected chi connectivity index (χ4v) is 2.99. The summed E-state index contributed by atoms with van der Waals surface area (Å²) in [6.45, 7) is 7.43. The Morgan fingerprint density at radius 3 is 2.63 bits per heavy atom. The van der Waals surface area contributed by atoms with Gasteiger partial charge in [-0.1, -0.05) is 29.8 Å². The third kappa shape index (κ3) is 5.17. The number of aliphatic imine (C=N–C) groups is 1. The second-order valence-electron chi connectivity index (χ2n) is 7.02. The predicted molar refractivity (Wildman–Crippen MR) is 109 cm³/mol. The number of nitrogens with one attached hydrogen (secondary N) is 2. The van der Waals surface area contributed by atoms with Gasteiger partial charge >= 0.3 is 0 Å². The summed E-state index contributed by atoms with van der Waals surface area (Å²) in [6, 6.07) is 13.5. The number of carbonyl (C=O) groups excluding carboxylic acids is 1. The minimum atomic E-state index is -0.182. The fourth-order valence-electron chi connectivity index (χ4n) is 2.99. The Balaban J connectivity index is 1.78. The average molecular weight is 365 g/mol. The zero-order valence-corrected chi connectivity index (χ0v) is 16.2. The summed E-state index contributed by atoms with van der Waals surface area (Å²) in [6.07, 6.45) is 2.19. The van der Waals surface area contributed by atoms with E-state index in [1.54, 1.807) is 0 Å². The van der Waals surface area contributed by atoms with Crippen LogP contribution in [0.3, 0.4) is 0 Å². The molecule has 142 valence electrons. The minimum Gasteiger partial charge on any atom is -0.376 e. The van der Waals surface area contributed by atoms with Gasteiger partial charge < -0.3 is 10.1 Å². The van der Waals surface area contributed by atoms with Gasteiger partial charge in [0.25, 0.3) is 5.91 Å². The molecule has 1 aliphatic rings. The number of rotatable bonds is 4. The Labute approximate surface area is 160 Å². The van der Waals surface area contributed by atoms with Gasteiger partial charge in [-0.2, -0.15) is 0 Å². The lowest BCUT2D eigenvalue weighted by atomic mass is 10.1. The predicted octanol–water partition coefficient (Wildman–Crippen LogP) is 3.99. The second kappa shape index (κ2) is 8.82. The van der Waals surface area contributed by atoms with Crippen LogP contribution in [0.25, 0.3) is 0 Å². The lowest BCUT2D eigenvalue weighted by Crippen LogP contribution is -2.37. The van der Waals surface area contributed by atoms with Crippen molar-refractivity contribution in [2.24, 2.45) is 4.99 Å². The molecule has 0 unspecified atom stereocenters. The van der Waals surface area contributed by atoms with Crippen molar-refractivity contribution in [3.05, 3.63) is 64.7 Å². The lowest BCUT2D eigenvalue weighted by molar-refractivity contribution is 0.0975. The molecule has 0 bridgehead atoms. The Bertz CT molecular complexity index is 822. The van der Waals surface area contributed by atoms with E-state index >= 15 is 0 Å². The van der Waals surface area contributed by atoms with Crippen molar-refractivity contribution >= 4 is 17.6 Å². The maximum atomic E-state index is 12.6. The quantitative estimate of drug-likeness (QED) is 0.636. The summed E-state index contributed by atoms with van der Waals surface area (Å²) in [5, 5.41) is 6.20. The molecule has 2 aromatic rings. The van der Waals surface area contributed by atoms with Gasteiger partial charge in [0.05, 0.1) is 12.6 Å². The first-order chi connectivity index (χ1) is 13.0. The third-order valence-corrected chi connectivity index (χ3v) is 4.88. The number of aryl methyl sites for hydroxylation is 2. The number of hydrogen-bond acceptors (Lipinski definition) is 3. The highest BCUT2D eigenvalue weighted by atomic mass is 16.5. The van der Waals surface area contributed by atoms with Crippen molar-refractivity contribution < 1.29 is 9.53 Å². The molecule has 1 amide bonds. The van der Waals surface area contributed by atoms with Crippen LogP contribution in [0.1, 0.15) is 39.9 Å². The fraction of sp³-hybridized carbons (Fsp3) is 0.364. The first-order valence-corrected chi connectivity index (χ1v) is 9.40. The van der Waals surface area contributed by atoms with Gasteiger partial charge in [-0.25, -0.2) is 4.99 Å². The molecule has 3 rings (SSSR count). The molecule has 5 heteroatoms. The van der Waals surface area contributed by atoms with Gasteiger partial charge in [0.1, 0.15) is 0 Å². The van der Waals surface area contributed by atoms with E-state index in [9.17, 15) is 4.79 Å². The molecule has 1 heterocycles. The zero-order chi connectivity index (χ0) is 19.2. The van der Waals surface area contributed by atoms with E-state index < -0.39 is 0 Å². The molecule has 0 spiro atoms. The summed E-state index contributed by atoms with van der Waals surface area (Å²) in [5.41, 5.74) is 4.97. The monoisotopic (exact) mass is 365 g/mol. The van der Waals surface area contributed by atoms with Crippen LogP contribution in [0.4, 0.5) is 5.69 Å². The Morgan fingerprint density at radius 1 is 1.15 bits per heavy atom. The molecule has 27 heavy (non-hydrogen) atoms. The molecular formula is C22H27N3O2. The van der Waals surface area contributed by atoms with Gasteiger partial charge in [-0.05, 0) is 62.9 Å². The Kier molecular flexibility index (Phi) is 6.24. The minimum absolute atomic E-state index is 0.122. The van der Waals surface area contributed by atoms with Gasteiger partial charge in [0, 0.05) is 17.9 Å². The molecule has 5 nitrogen and oxygen atoms in total. The molecule has 1 aliphatic heterocycles. The van der Waals surface area contributed by atoms with Gasteiger partial charge in [0.15, 0.2) is 0 Å². The highest BCUT2D eigenvalue weighted by Crippen LogP contribution is 2.18. The summed E-state index contributed by atoms with van der Waals surface area (Å²) in [5.74, 6) is 0.267. The van der Waals surface area contributed by atoms with Crippen LogP contribution in [0.15, 0.2) is 47.5 Å². The highest BCUT2D eigenvalue weighted by Gasteiger charge is 2.16. The summed E-state index contributed by atoms with van der Waals surface area (Å²) >= 11 is 0. The maximum Gasteiger partial charge on any atom is 0.257 e. The summed E-state index contributed by atoms with van der Waals surface area (Å²) in [4.78, 5) is 17.2. The van der Waals surface area contributed by atoms with E-state index in [0.717, 1.165) is 36.3 Å². The van der Waals surface area contributed by atoms with E-state index in [1.807, 2.05) is 43.3 Å². The summed E-state index contributed by atoms with van der Waals surface area (Å²) in [7, 11) is 0. The van der Waals surface area contributed by atoms with Crippen molar-refractivity contribution in [2.45, 2.75) is 39.7 Å². The Hall–Kier alpha value is -2.66. The molecule has 0 aliphatic carbocycles. The largest absolute Gasteiger partial charge is 0.376 e. The number of hydrogen-bond donors (Lipinski definition) is 2. The number of guanidine groups is 1. The van der Waals surface area contributed by atoms with E-state index in [1.165, 1.54) is 5.56 Å². The smallest absolute Gasteiger partial charge is 0.257 e. The van der Waals surface area contributed by atoms with E-state index in [-0.39, 0.29) is 12.0 Å². The van der Waals surface area contributed by atoms with Crippen LogP contribution in [0, 0.1) is 20.8 Å². The molecule has 0 saturated carbocycles. The Morgan fingerprint density at radius 2 is 1.93 bits per heavy atom. The SMILES string of the molecule is Cc1ccc(C(=O)NC(=NC[C@@H]2CCCO2)Nc2cccc(C)c2C)cc1. The average Bonchev–Trinajstić information content (AvgIpc) is 3.17. The van der Waals surface area contributed by atoms with Crippen LogP contribution in [0.5, 0.6) is 0 Å². The van der Waals surface area contributed by atoms with E-state index in [0.29, 0.717) is 18.1 Å². The topological polar surface area (TPSA) is 62.7 Å². The summed E-state index contributed by atoms with van der Waals surface area (Å²) < 4.78 is 5.65. The highest BCUT2D eigenvalue weighted by molar-refractivity contribution is 6.10. The first kappa shape index (κ1) is 19.1. The van der Waals surface area contributed by atoms with E-state index in [4.69, 9.17) is 4.74 Å². The zero-order valence-electron chi connectivity index (χ0n) is 16.2. The van der Waals surface area contributed by atoms with Crippen molar-refractivity contribution in [2.75, 3.05) is 18.5 Å². The van der Waals surface area contributed by atoms with Crippen LogP contribution >= 0.6 is 0 Å². The van der Waals surface area contributed by atoms with Gasteiger partial charge in [-0.15, -0.1) is 0 Å². The van der Waals surface area contributed by atoms with Crippen LogP contribution in [-0.4, -0.2) is 31.1 Å². The normalized spacial score (nSPS) is 17.0. The molecule has 1 saturated heterocycles. The molecule has 1 atom stereocenters. The van der Waals surface area contributed by atoms with Crippen molar-refractivity contribution in [3.63, 3.8) is 0 Å².